The zero-order valence-corrected chi connectivity index (χ0v) is 11.3. The van der Waals surface area contributed by atoms with Crippen molar-refractivity contribution in [3.05, 3.63) is 45.1 Å². The van der Waals surface area contributed by atoms with E-state index in [0.717, 1.165) is 21.2 Å². The Balaban J connectivity index is 2.12. The van der Waals surface area contributed by atoms with Crippen LogP contribution in [0.5, 0.6) is 5.75 Å². The van der Waals surface area contributed by atoms with Gasteiger partial charge in [0.25, 0.3) is 0 Å². The maximum atomic E-state index is 9.63. The lowest BCUT2D eigenvalue weighted by Gasteiger charge is -2.14. The standard InChI is InChI=1S/C13H14ClNOS/c1-8-3-4-11(6-12(8)16)15-9(2)10-5-13(14)17-7-10/h3-7,9,15-16H,1-2H3. The zero-order chi connectivity index (χ0) is 12.4. The topological polar surface area (TPSA) is 32.3 Å². The van der Waals surface area contributed by atoms with Crippen molar-refractivity contribution in [2.75, 3.05) is 5.32 Å². The molecule has 0 saturated carbocycles. The summed E-state index contributed by atoms with van der Waals surface area (Å²) in [4.78, 5) is 0. The first-order chi connectivity index (χ1) is 8.06. The molecule has 4 heteroatoms. The molecular formula is C13H14ClNOS. The van der Waals surface area contributed by atoms with Gasteiger partial charge in [-0.1, -0.05) is 17.7 Å². The summed E-state index contributed by atoms with van der Waals surface area (Å²) in [6, 6.07) is 7.71. The molecular weight excluding hydrogens is 254 g/mol. The van der Waals surface area contributed by atoms with Crippen LogP contribution in [0.2, 0.25) is 4.34 Å². The largest absolute Gasteiger partial charge is 0.508 e. The third-order valence-electron chi connectivity index (χ3n) is 2.68. The van der Waals surface area contributed by atoms with E-state index in [9.17, 15) is 5.11 Å². The van der Waals surface area contributed by atoms with Gasteiger partial charge in [-0.05, 0) is 42.5 Å². The molecule has 0 aliphatic carbocycles. The van der Waals surface area contributed by atoms with Crippen LogP contribution in [0.1, 0.15) is 24.1 Å². The molecule has 1 aromatic heterocycles. The third-order valence-corrected chi connectivity index (χ3v) is 3.79. The van der Waals surface area contributed by atoms with Gasteiger partial charge in [0.05, 0.1) is 4.34 Å². The lowest BCUT2D eigenvalue weighted by atomic mass is 10.1. The summed E-state index contributed by atoms with van der Waals surface area (Å²) in [6.45, 7) is 3.94. The Hall–Kier alpha value is -1.19. The molecule has 17 heavy (non-hydrogen) atoms. The number of nitrogens with one attached hydrogen (secondary N) is 1. The van der Waals surface area contributed by atoms with Crippen molar-refractivity contribution in [1.29, 1.82) is 0 Å². The Bertz CT molecular complexity index is 524. The summed E-state index contributed by atoms with van der Waals surface area (Å²) in [6.07, 6.45) is 0. The summed E-state index contributed by atoms with van der Waals surface area (Å²) in [5.41, 5.74) is 2.93. The monoisotopic (exact) mass is 267 g/mol. The van der Waals surface area contributed by atoms with Crippen molar-refractivity contribution in [2.24, 2.45) is 0 Å². The van der Waals surface area contributed by atoms with E-state index in [2.05, 4.69) is 12.2 Å². The quantitative estimate of drug-likeness (QED) is 0.853. The van der Waals surface area contributed by atoms with Crippen molar-refractivity contribution in [1.82, 2.24) is 0 Å². The molecule has 2 N–H and O–H groups in total. The highest BCUT2D eigenvalue weighted by atomic mass is 35.5. The van der Waals surface area contributed by atoms with Gasteiger partial charge < -0.3 is 10.4 Å². The minimum atomic E-state index is 0.167. The molecule has 0 fully saturated rings. The number of thiophene rings is 1. The highest BCUT2D eigenvalue weighted by Crippen LogP contribution is 2.28. The minimum Gasteiger partial charge on any atom is -0.508 e. The Labute approximate surface area is 110 Å². The van der Waals surface area contributed by atoms with Crippen molar-refractivity contribution in [2.45, 2.75) is 19.9 Å². The second-order valence-electron chi connectivity index (χ2n) is 4.05. The number of hydrogen-bond donors (Lipinski definition) is 2. The van der Waals surface area contributed by atoms with Crippen LogP contribution < -0.4 is 5.32 Å². The molecule has 2 aromatic rings. The van der Waals surface area contributed by atoms with Gasteiger partial charge in [0, 0.05) is 17.8 Å². The number of halogens is 1. The summed E-state index contributed by atoms with van der Waals surface area (Å²) in [7, 11) is 0. The molecule has 90 valence electrons. The Kier molecular flexibility index (Phi) is 3.60. The number of phenols is 1. The van der Waals surface area contributed by atoms with Crippen LogP contribution in [0, 0.1) is 6.92 Å². The summed E-state index contributed by atoms with van der Waals surface area (Å²) in [5.74, 6) is 0.311. The highest BCUT2D eigenvalue weighted by Gasteiger charge is 2.08. The lowest BCUT2D eigenvalue weighted by Crippen LogP contribution is -2.05. The van der Waals surface area contributed by atoms with Crippen LogP contribution in [0.3, 0.4) is 0 Å². The first kappa shape index (κ1) is 12.3. The zero-order valence-electron chi connectivity index (χ0n) is 9.70. The van der Waals surface area contributed by atoms with Crippen LogP contribution >= 0.6 is 22.9 Å². The predicted octanol–water partition coefficient (Wildman–Crippen LogP) is 4.59. The molecule has 2 rings (SSSR count). The highest BCUT2D eigenvalue weighted by molar-refractivity contribution is 7.14. The van der Waals surface area contributed by atoms with Gasteiger partial charge in [0.2, 0.25) is 0 Å². The first-order valence-electron chi connectivity index (χ1n) is 5.36. The molecule has 1 atom stereocenters. The number of anilines is 1. The molecule has 0 saturated heterocycles. The second-order valence-corrected chi connectivity index (χ2v) is 5.59. The van der Waals surface area contributed by atoms with E-state index < -0.39 is 0 Å². The van der Waals surface area contributed by atoms with E-state index in [1.165, 1.54) is 11.3 Å². The SMILES string of the molecule is Cc1ccc(NC(C)c2csc(Cl)c2)cc1O. The van der Waals surface area contributed by atoms with Crippen LogP contribution in [-0.2, 0) is 0 Å². The van der Waals surface area contributed by atoms with Gasteiger partial charge in [-0.25, -0.2) is 0 Å². The van der Waals surface area contributed by atoms with Crippen molar-refractivity contribution in [3.8, 4) is 5.75 Å². The number of phenolic OH excluding ortho intramolecular Hbond substituents is 1. The fraction of sp³-hybridized carbons (Fsp3) is 0.231. The van der Waals surface area contributed by atoms with Crippen molar-refractivity contribution < 1.29 is 5.11 Å². The van der Waals surface area contributed by atoms with Gasteiger partial charge in [0.15, 0.2) is 0 Å². The summed E-state index contributed by atoms with van der Waals surface area (Å²) < 4.78 is 0.792. The van der Waals surface area contributed by atoms with Gasteiger partial charge >= 0.3 is 0 Å². The van der Waals surface area contributed by atoms with E-state index in [1.54, 1.807) is 6.07 Å². The Morgan fingerprint density at radius 3 is 2.71 bits per heavy atom. The molecule has 0 aliphatic rings. The predicted molar refractivity (Wildman–Crippen MR) is 74.2 cm³/mol. The Morgan fingerprint density at radius 2 is 2.12 bits per heavy atom. The van der Waals surface area contributed by atoms with Gasteiger partial charge in [-0.2, -0.15) is 0 Å². The maximum absolute atomic E-state index is 9.63. The van der Waals surface area contributed by atoms with Crippen LogP contribution in [0.15, 0.2) is 29.6 Å². The smallest absolute Gasteiger partial charge is 0.120 e. The molecule has 2 nitrogen and oxygen atoms in total. The molecule has 0 amide bonds. The molecule has 1 heterocycles. The fourth-order valence-electron chi connectivity index (χ4n) is 1.58. The average molecular weight is 268 g/mol. The molecule has 0 aliphatic heterocycles. The maximum Gasteiger partial charge on any atom is 0.120 e. The van der Waals surface area contributed by atoms with E-state index >= 15 is 0 Å². The van der Waals surface area contributed by atoms with E-state index in [0.29, 0.717) is 5.75 Å². The first-order valence-corrected chi connectivity index (χ1v) is 6.62. The normalized spacial score (nSPS) is 12.4. The third kappa shape index (κ3) is 2.93. The van der Waals surface area contributed by atoms with Gasteiger partial charge in [-0.3, -0.25) is 0 Å². The van der Waals surface area contributed by atoms with Crippen LogP contribution in [0.25, 0.3) is 0 Å². The number of aromatic hydroxyl groups is 1. The van der Waals surface area contributed by atoms with Crippen molar-refractivity contribution >= 4 is 28.6 Å². The molecule has 0 spiro atoms. The molecule has 1 unspecified atom stereocenters. The van der Waals surface area contributed by atoms with Gasteiger partial charge in [0.1, 0.15) is 5.75 Å². The van der Waals surface area contributed by atoms with Crippen LogP contribution in [-0.4, -0.2) is 5.11 Å². The fourth-order valence-corrected chi connectivity index (χ4v) is 2.57. The van der Waals surface area contributed by atoms with E-state index in [-0.39, 0.29) is 6.04 Å². The summed E-state index contributed by atoms with van der Waals surface area (Å²) in [5, 5.41) is 15.0. The van der Waals surface area contributed by atoms with E-state index in [4.69, 9.17) is 11.6 Å². The van der Waals surface area contributed by atoms with Crippen LogP contribution in [0.4, 0.5) is 5.69 Å². The average Bonchev–Trinajstić information content (AvgIpc) is 2.70. The molecule has 0 bridgehead atoms. The Morgan fingerprint density at radius 1 is 1.35 bits per heavy atom. The minimum absolute atomic E-state index is 0.167. The molecule has 0 radical (unpaired) electrons. The van der Waals surface area contributed by atoms with E-state index in [1.807, 2.05) is 30.5 Å². The summed E-state index contributed by atoms with van der Waals surface area (Å²) >= 11 is 7.43. The number of aryl methyl sites for hydroxylation is 1. The number of rotatable bonds is 3. The van der Waals surface area contributed by atoms with Crippen molar-refractivity contribution in [3.63, 3.8) is 0 Å². The number of hydrogen-bond acceptors (Lipinski definition) is 3. The number of benzene rings is 1. The second kappa shape index (κ2) is 4.98. The lowest BCUT2D eigenvalue weighted by molar-refractivity contribution is 0.471. The van der Waals surface area contributed by atoms with Gasteiger partial charge in [-0.15, -0.1) is 11.3 Å². The molecule has 1 aromatic carbocycles.